The van der Waals surface area contributed by atoms with Crippen LogP contribution < -0.4 is 10.6 Å². The first-order valence-corrected chi connectivity index (χ1v) is 7.26. The van der Waals surface area contributed by atoms with Gasteiger partial charge in [0.25, 0.3) is 0 Å². The zero-order valence-electron chi connectivity index (χ0n) is 12.6. The summed E-state index contributed by atoms with van der Waals surface area (Å²) in [6.07, 6.45) is 4.02. The molecular formula is C15H21N5O2. The molecular weight excluding hydrogens is 282 g/mol. The highest BCUT2D eigenvalue weighted by molar-refractivity contribution is 5.88. The van der Waals surface area contributed by atoms with Gasteiger partial charge in [-0.1, -0.05) is 13.0 Å². The van der Waals surface area contributed by atoms with E-state index in [2.05, 4.69) is 20.7 Å². The lowest BCUT2D eigenvalue weighted by Gasteiger charge is -2.13. The second-order valence-electron chi connectivity index (χ2n) is 5.15. The van der Waals surface area contributed by atoms with E-state index in [1.165, 1.54) is 0 Å². The number of carbonyl (C=O) groups excluding carboxylic acids is 1. The number of amides is 2. The number of nitrogens with one attached hydrogen (secondary N) is 2. The molecule has 0 aromatic carbocycles. The van der Waals surface area contributed by atoms with Gasteiger partial charge in [-0.05, 0) is 24.5 Å². The molecule has 2 aromatic rings. The number of rotatable bonds is 7. The predicted octanol–water partition coefficient (Wildman–Crippen LogP) is 1.47. The first kappa shape index (κ1) is 16.0. The fourth-order valence-corrected chi connectivity index (χ4v) is 1.96. The van der Waals surface area contributed by atoms with Crippen LogP contribution in [0.25, 0.3) is 0 Å². The van der Waals surface area contributed by atoms with Crippen molar-refractivity contribution in [3.63, 3.8) is 0 Å². The molecule has 3 N–H and O–H groups in total. The minimum absolute atomic E-state index is 0.126. The summed E-state index contributed by atoms with van der Waals surface area (Å²) >= 11 is 0. The average molecular weight is 303 g/mol. The summed E-state index contributed by atoms with van der Waals surface area (Å²) in [5.74, 6) is 0.840. The van der Waals surface area contributed by atoms with Gasteiger partial charge in [0.05, 0.1) is 18.4 Å². The molecule has 0 spiro atoms. The number of nitrogens with zero attached hydrogens (tertiary/aromatic N) is 3. The molecule has 2 rings (SSSR count). The molecule has 0 saturated heterocycles. The summed E-state index contributed by atoms with van der Waals surface area (Å²) in [5, 5.41) is 18.6. The van der Waals surface area contributed by atoms with Crippen molar-refractivity contribution in [2.75, 3.05) is 18.5 Å². The third-order valence-corrected chi connectivity index (χ3v) is 3.23. The number of aliphatic hydroxyl groups is 1. The van der Waals surface area contributed by atoms with Crippen LogP contribution in [0.1, 0.15) is 19.0 Å². The van der Waals surface area contributed by atoms with Crippen LogP contribution in [-0.4, -0.2) is 39.1 Å². The third kappa shape index (κ3) is 4.85. The predicted molar refractivity (Wildman–Crippen MR) is 83.5 cm³/mol. The number of hydrogen-bond acceptors (Lipinski definition) is 4. The van der Waals surface area contributed by atoms with Crippen LogP contribution in [0.5, 0.6) is 0 Å². The van der Waals surface area contributed by atoms with Crippen molar-refractivity contribution in [1.82, 2.24) is 20.1 Å². The van der Waals surface area contributed by atoms with E-state index < -0.39 is 0 Å². The van der Waals surface area contributed by atoms with Crippen molar-refractivity contribution in [1.29, 1.82) is 0 Å². The standard InChI is InChI=1S/C15H21N5O2/c1-12(6-9-21)10-17-15(22)19-14-5-8-18-20(14)11-13-4-2-3-7-16-13/h2-5,7-8,12,21H,6,9-11H2,1H3,(H2,17,19,22). The Bertz CT molecular complexity index is 585. The van der Waals surface area contributed by atoms with Crippen molar-refractivity contribution < 1.29 is 9.90 Å². The molecule has 7 nitrogen and oxygen atoms in total. The van der Waals surface area contributed by atoms with Crippen molar-refractivity contribution in [3.05, 3.63) is 42.4 Å². The molecule has 1 unspecified atom stereocenters. The minimum Gasteiger partial charge on any atom is -0.396 e. The van der Waals surface area contributed by atoms with Gasteiger partial charge in [0.1, 0.15) is 5.82 Å². The lowest BCUT2D eigenvalue weighted by molar-refractivity contribution is 0.243. The first-order chi connectivity index (χ1) is 10.7. The van der Waals surface area contributed by atoms with Gasteiger partial charge in [-0.15, -0.1) is 0 Å². The second kappa shape index (κ2) is 8.14. The van der Waals surface area contributed by atoms with Crippen LogP contribution in [-0.2, 0) is 6.54 Å². The van der Waals surface area contributed by atoms with Crippen LogP contribution in [0.4, 0.5) is 10.6 Å². The molecule has 0 aliphatic rings. The van der Waals surface area contributed by atoms with Crippen LogP contribution in [0, 0.1) is 5.92 Å². The van der Waals surface area contributed by atoms with Crippen LogP contribution in [0.3, 0.4) is 0 Å². The molecule has 2 aromatic heterocycles. The van der Waals surface area contributed by atoms with Gasteiger partial charge < -0.3 is 10.4 Å². The molecule has 0 aliphatic heterocycles. The lowest BCUT2D eigenvalue weighted by Crippen LogP contribution is -2.33. The molecule has 0 aliphatic carbocycles. The van der Waals surface area contributed by atoms with Crippen molar-refractivity contribution in [2.24, 2.45) is 5.92 Å². The van der Waals surface area contributed by atoms with Crippen molar-refractivity contribution in [3.8, 4) is 0 Å². The molecule has 0 fully saturated rings. The normalized spacial score (nSPS) is 11.9. The Morgan fingerprint density at radius 2 is 2.23 bits per heavy atom. The molecule has 0 bridgehead atoms. The number of pyridine rings is 1. The zero-order valence-corrected chi connectivity index (χ0v) is 12.6. The second-order valence-corrected chi connectivity index (χ2v) is 5.15. The molecule has 0 radical (unpaired) electrons. The summed E-state index contributed by atoms with van der Waals surface area (Å²) in [6, 6.07) is 7.12. The molecule has 118 valence electrons. The van der Waals surface area contributed by atoms with E-state index in [1.54, 1.807) is 23.1 Å². The van der Waals surface area contributed by atoms with E-state index in [0.29, 0.717) is 25.3 Å². The highest BCUT2D eigenvalue weighted by Crippen LogP contribution is 2.08. The van der Waals surface area contributed by atoms with Gasteiger partial charge in [0, 0.05) is 25.4 Å². The van der Waals surface area contributed by atoms with E-state index >= 15 is 0 Å². The SMILES string of the molecule is CC(CCO)CNC(=O)Nc1ccnn1Cc1ccccn1. The Labute approximate surface area is 129 Å². The lowest BCUT2D eigenvalue weighted by atomic mass is 10.1. The number of aliphatic hydroxyl groups excluding tert-OH is 1. The number of anilines is 1. The van der Waals surface area contributed by atoms with Gasteiger partial charge in [-0.3, -0.25) is 10.3 Å². The first-order valence-electron chi connectivity index (χ1n) is 7.26. The van der Waals surface area contributed by atoms with Gasteiger partial charge >= 0.3 is 6.03 Å². The number of urea groups is 1. The maximum absolute atomic E-state index is 11.9. The third-order valence-electron chi connectivity index (χ3n) is 3.23. The molecule has 7 heteroatoms. The highest BCUT2D eigenvalue weighted by atomic mass is 16.3. The van der Waals surface area contributed by atoms with Crippen LogP contribution in [0.2, 0.25) is 0 Å². The number of aromatic nitrogens is 3. The smallest absolute Gasteiger partial charge is 0.320 e. The Kier molecular flexibility index (Phi) is 5.91. The maximum atomic E-state index is 11.9. The zero-order chi connectivity index (χ0) is 15.8. The van der Waals surface area contributed by atoms with E-state index in [0.717, 1.165) is 5.69 Å². The molecule has 22 heavy (non-hydrogen) atoms. The van der Waals surface area contributed by atoms with E-state index in [1.807, 2.05) is 25.1 Å². The topological polar surface area (TPSA) is 92.1 Å². The van der Waals surface area contributed by atoms with Crippen LogP contribution in [0.15, 0.2) is 36.7 Å². The maximum Gasteiger partial charge on any atom is 0.320 e. The summed E-state index contributed by atoms with van der Waals surface area (Å²) in [7, 11) is 0. The van der Waals surface area contributed by atoms with Gasteiger partial charge in [0.2, 0.25) is 0 Å². The number of hydrogen-bond donors (Lipinski definition) is 3. The van der Waals surface area contributed by atoms with Gasteiger partial charge in [0.15, 0.2) is 0 Å². The Morgan fingerprint density at radius 3 is 2.95 bits per heavy atom. The molecule has 2 amide bonds. The van der Waals surface area contributed by atoms with E-state index in [-0.39, 0.29) is 18.6 Å². The van der Waals surface area contributed by atoms with E-state index in [9.17, 15) is 4.79 Å². The van der Waals surface area contributed by atoms with Crippen molar-refractivity contribution >= 4 is 11.8 Å². The van der Waals surface area contributed by atoms with Crippen LogP contribution >= 0.6 is 0 Å². The summed E-state index contributed by atoms with van der Waals surface area (Å²) < 4.78 is 1.68. The molecule has 0 saturated carbocycles. The monoisotopic (exact) mass is 303 g/mol. The van der Waals surface area contributed by atoms with Crippen molar-refractivity contribution in [2.45, 2.75) is 19.9 Å². The van der Waals surface area contributed by atoms with Gasteiger partial charge in [-0.25, -0.2) is 9.48 Å². The highest BCUT2D eigenvalue weighted by Gasteiger charge is 2.09. The van der Waals surface area contributed by atoms with Gasteiger partial charge in [-0.2, -0.15) is 5.10 Å². The molecule has 2 heterocycles. The Balaban J connectivity index is 1.88. The quantitative estimate of drug-likeness (QED) is 0.722. The fraction of sp³-hybridized carbons (Fsp3) is 0.400. The minimum atomic E-state index is -0.285. The summed E-state index contributed by atoms with van der Waals surface area (Å²) in [6.45, 7) is 3.11. The fourth-order valence-electron chi connectivity index (χ4n) is 1.96. The average Bonchev–Trinajstić information content (AvgIpc) is 2.93. The summed E-state index contributed by atoms with van der Waals surface area (Å²) in [5.41, 5.74) is 0.867. The number of carbonyl (C=O) groups is 1. The van der Waals surface area contributed by atoms with E-state index in [4.69, 9.17) is 5.11 Å². The largest absolute Gasteiger partial charge is 0.396 e. The summed E-state index contributed by atoms with van der Waals surface area (Å²) in [4.78, 5) is 16.1. The molecule has 1 atom stereocenters. The Hall–Kier alpha value is -2.41. The Morgan fingerprint density at radius 1 is 1.36 bits per heavy atom.